The molecule has 126 valence electrons. The first-order valence-electron chi connectivity index (χ1n) is 7.87. The highest BCUT2D eigenvalue weighted by atomic mass is 79.9. The molecule has 1 fully saturated rings. The van der Waals surface area contributed by atoms with E-state index in [-0.39, 0.29) is 11.9 Å². The molecule has 6 heteroatoms. The largest absolute Gasteiger partial charge is 0.497 e. The first-order chi connectivity index (χ1) is 11.6. The molecule has 1 N–H and O–H groups in total. The lowest BCUT2D eigenvalue weighted by Crippen LogP contribution is -2.48. The van der Waals surface area contributed by atoms with Crippen LogP contribution in [-0.2, 0) is 0 Å². The van der Waals surface area contributed by atoms with Crippen molar-refractivity contribution in [2.45, 2.75) is 13.0 Å². The van der Waals surface area contributed by atoms with Crippen LogP contribution in [-0.4, -0.2) is 42.5 Å². The zero-order valence-electron chi connectivity index (χ0n) is 13.8. The first-order valence-corrected chi connectivity index (χ1v) is 8.66. The van der Waals surface area contributed by atoms with Gasteiger partial charge in [0, 0.05) is 36.5 Å². The molecular formula is C18H20BrN3O2. The van der Waals surface area contributed by atoms with E-state index in [1.54, 1.807) is 19.5 Å². The number of nitrogens with one attached hydrogen (secondary N) is 1. The van der Waals surface area contributed by atoms with E-state index >= 15 is 0 Å². The van der Waals surface area contributed by atoms with Gasteiger partial charge in [0.15, 0.2) is 0 Å². The molecule has 1 aromatic heterocycles. The van der Waals surface area contributed by atoms with Crippen molar-refractivity contribution in [3.8, 4) is 5.75 Å². The number of nitrogens with zero attached hydrogens (tertiary/aromatic N) is 2. The van der Waals surface area contributed by atoms with Crippen LogP contribution in [0.1, 0.15) is 27.5 Å². The number of hydrogen-bond acceptors (Lipinski definition) is 4. The SMILES string of the molecule is COc1cccc(C2CN(C(=O)c3cncc(Br)c3C)CCN2)c1. The van der Waals surface area contributed by atoms with Gasteiger partial charge in [0.05, 0.1) is 18.7 Å². The number of pyridine rings is 1. The Morgan fingerprint density at radius 1 is 1.42 bits per heavy atom. The summed E-state index contributed by atoms with van der Waals surface area (Å²) in [5, 5.41) is 3.47. The highest BCUT2D eigenvalue weighted by Crippen LogP contribution is 2.24. The molecule has 2 heterocycles. The van der Waals surface area contributed by atoms with Crippen LogP contribution in [0.4, 0.5) is 0 Å². The molecule has 24 heavy (non-hydrogen) atoms. The zero-order chi connectivity index (χ0) is 17.1. The van der Waals surface area contributed by atoms with Crippen LogP contribution in [0, 0.1) is 6.92 Å². The Hall–Kier alpha value is -1.92. The molecular weight excluding hydrogens is 370 g/mol. The molecule has 0 radical (unpaired) electrons. The average molecular weight is 390 g/mol. The van der Waals surface area contributed by atoms with E-state index in [4.69, 9.17) is 4.74 Å². The van der Waals surface area contributed by atoms with Crippen molar-refractivity contribution in [3.05, 3.63) is 57.8 Å². The van der Waals surface area contributed by atoms with Crippen molar-refractivity contribution in [2.75, 3.05) is 26.7 Å². The molecule has 1 unspecified atom stereocenters. The van der Waals surface area contributed by atoms with Crippen molar-refractivity contribution >= 4 is 21.8 Å². The number of benzene rings is 1. The van der Waals surface area contributed by atoms with E-state index in [0.29, 0.717) is 18.7 Å². The molecule has 3 rings (SSSR count). The van der Waals surface area contributed by atoms with Gasteiger partial charge in [-0.1, -0.05) is 12.1 Å². The lowest BCUT2D eigenvalue weighted by atomic mass is 10.0. The average Bonchev–Trinajstić information content (AvgIpc) is 2.63. The van der Waals surface area contributed by atoms with E-state index in [0.717, 1.165) is 27.9 Å². The second-order valence-electron chi connectivity index (χ2n) is 5.83. The maximum absolute atomic E-state index is 12.9. The predicted molar refractivity (Wildman–Crippen MR) is 96.3 cm³/mol. The number of amides is 1. The number of halogens is 1. The molecule has 1 aromatic carbocycles. The Morgan fingerprint density at radius 2 is 2.25 bits per heavy atom. The fourth-order valence-electron chi connectivity index (χ4n) is 2.90. The van der Waals surface area contributed by atoms with E-state index < -0.39 is 0 Å². The molecule has 1 amide bonds. The molecule has 1 aliphatic heterocycles. The molecule has 5 nitrogen and oxygen atoms in total. The number of carbonyl (C=O) groups excluding carboxylic acids is 1. The number of hydrogen-bond donors (Lipinski definition) is 1. The number of methoxy groups -OCH3 is 1. The second-order valence-corrected chi connectivity index (χ2v) is 6.68. The number of carbonyl (C=O) groups is 1. The minimum absolute atomic E-state index is 0.0238. The van der Waals surface area contributed by atoms with Crippen molar-refractivity contribution < 1.29 is 9.53 Å². The molecule has 0 spiro atoms. The quantitative estimate of drug-likeness (QED) is 0.876. The van der Waals surface area contributed by atoms with Crippen LogP contribution in [0.2, 0.25) is 0 Å². The minimum atomic E-state index is 0.0238. The predicted octanol–water partition coefficient (Wildman–Crippen LogP) is 2.95. The highest BCUT2D eigenvalue weighted by molar-refractivity contribution is 9.10. The lowest BCUT2D eigenvalue weighted by molar-refractivity contribution is 0.0701. The topological polar surface area (TPSA) is 54.5 Å². The van der Waals surface area contributed by atoms with Crippen molar-refractivity contribution in [1.29, 1.82) is 0 Å². The monoisotopic (exact) mass is 389 g/mol. The van der Waals surface area contributed by atoms with Gasteiger partial charge < -0.3 is 15.0 Å². The van der Waals surface area contributed by atoms with Crippen molar-refractivity contribution in [1.82, 2.24) is 15.2 Å². The maximum Gasteiger partial charge on any atom is 0.255 e. The summed E-state index contributed by atoms with van der Waals surface area (Å²) in [5.41, 5.74) is 2.69. The molecule has 2 aromatic rings. The Balaban J connectivity index is 1.80. The van der Waals surface area contributed by atoms with Crippen LogP contribution in [0.15, 0.2) is 41.1 Å². The number of piperazine rings is 1. The number of rotatable bonds is 3. The standard InChI is InChI=1S/C18H20BrN3O2/c1-12-15(9-20-10-16(12)19)18(23)22-7-6-21-17(11-22)13-4-3-5-14(8-13)24-2/h3-5,8-10,17,21H,6-7,11H2,1-2H3. The van der Waals surface area contributed by atoms with Gasteiger partial charge in [-0.15, -0.1) is 0 Å². The van der Waals surface area contributed by atoms with E-state index in [1.807, 2.05) is 30.0 Å². The number of ether oxygens (including phenoxy) is 1. The van der Waals surface area contributed by atoms with Gasteiger partial charge in [0.1, 0.15) is 5.75 Å². The Bertz CT molecular complexity index is 751. The van der Waals surface area contributed by atoms with Gasteiger partial charge in [-0.2, -0.15) is 0 Å². The summed E-state index contributed by atoms with van der Waals surface area (Å²) in [6.07, 6.45) is 3.36. The van der Waals surface area contributed by atoms with Gasteiger partial charge in [-0.3, -0.25) is 9.78 Å². The van der Waals surface area contributed by atoms with Gasteiger partial charge in [-0.25, -0.2) is 0 Å². The van der Waals surface area contributed by atoms with E-state index in [1.165, 1.54) is 0 Å². The molecule has 1 saturated heterocycles. The summed E-state index contributed by atoms with van der Waals surface area (Å²) in [6.45, 7) is 4.00. The Kier molecular flexibility index (Phi) is 5.16. The molecule has 0 bridgehead atoms. The van der Waals surface area contributed by atoms with Crippen LogP contribution >= 0.6 is 15.9 Å². The second kappa shape index (κ2) is 7.32. The maximum atomic E-state index is 12.9. The summed E-state index contributed by atoms with van der Waals surface area (Å²) in [6, 6.07) is 8.06. The van der Waals surface area contributed by atoms with E-state index in [2.05, 4.69) is 32.3 Å². The van der Waals surface area contributed by atoms with E-state index in [9.17, 15) is 4.79 Å². The molecule has 0 aliphatic carbocycles. The fourth-order valence-corrected chi connectivity index (χ4v) is 3.23. The third-order valence-corrected chi connectivity index (χ3v) is 5.14. The van der Waals surface area contributed by atoms with Crippen molar-refractivity contribution in [3.63, 3.8) is 0 Å². The van der Waals surface area contributed by atoms with Crippen LogP contribution in [0.3, 0.4) is 0 Å². The van der Waals surface area contributed by atoms with Crippen molar-refractivity contribution in [2.24, 2.45) is 0 Å². The normalized spacial score (nSPS) is 17.6. The smallest absolute Gasteiger partial charge is 0.255 e. The number of aromatic nitrogens is 1. The third-order valence-electron chi connectivity index (χ3n) is 4.34. The van der Waals surface area contributed by atoms with Crippen LogP contribution in [0.25, 0.3) is 0 Å². The van der Waals surface area contributed by atoms with Gasteiger partial charge in [-0.05, 0) is 46.1 Å². The molecule has 1 aliphatic rings. The zero-order valence-corrected chi connectivity index (χ0v) is 15.3. The Morgan fingerprint density at radius 3 is 3.04 bits per heavy atom. The molecule has 1 atom stereocenters. The van der Waals surface area contributed by atoms with Gasteiger partial charge >= 0.3 is 0 Å². The van der Waals surface area contributed by atoms with Gasteiger partial charge in [0.25, 0.3) is 5.91 Å². The highest BCUT2D eigenvalue weighted by Gasteiger charge is 2.26. The summed E-state index contributed by atoms with van der Waals surface area (Å²) >= 11 is 3.44. The first kappa shape index (κ1) is 16.9. The van der Waals surface area contributed by atoms with Gasteiger partial charge in [0.2, 0.25) is 0 Å². The third kappa shape index (κ3) is 3.44. The summed E-state index contributed by atoms with van der Waals surface area (Å²) in [7, 11) is 1.66. The summed E-state index contributed by atoms with van der Waals surface area (Å²) in [5.74, 6) is 0.848. The summed E-state index contributed by atoms with van der Waals surface area (Å²) < 4.78 is 6.15. The fraction of sp³-hybridized carbons (Fsp3) is 0.333. The molecule has 0 saturated carbocycles. The van der Waals surface area contributed by atoms with Crippen LogP contribution < -0.4 is 10.1 Å². The minimum Gasteiger partial charge on any atom is -0.497 e. The lowest BCUT2D eigenvalue weighted by Gasteiger charge is -2.34. The Labute approximate surface area is 150 Å². The van der Waals surface area contributed by atoms with Crippen LogP contribution in [0.5, 0.6) is 5.75 Å². The summed E-state index contributed by atoms with van der Waals surface area (Å²) in [4.78, 5) is 18.9.